The summed E-state index contributed by atoms with van der Waals surface area (Å²) >= 11 is 0. The number of piperidine rings is 1. The molecule has 10 nitrogen and oxygen atoms in total. The lowest BCUT2D eigenvalue weighted by atomic mass is 9.93. The van der Waals surface area contributed by atoms with Crippen molar-refractivity contribution >= 4 is 16.9 Å². The molecule has 2 aromatic heterocycles. The molecule has 0 aliphatic carbocycles. The number of hydrogen-bond donors (Lipinski definition) is 1. The Kier molecular flexibility index (Phi) is 7.15. The predicted molar refractivity (Wildman–Crippen MR) is 134 cm³/mol. The highest BCUT2D eigenvalue weighted by atomic mass is 16.5. The molecule has 0 radical (unpaired) electrons. The molecule has 2 aliphatic heterocycles. The van der Waals surface area contributed by atoms with Crippen LogP contribution in [0.25, 0.3) is 10.9 Å². The van der Waals surface area contributed by atoms with Gasteiger partial charge in [0.2, 0.25) is 0 Å². The number of pyridine rings is 1. The van der Waals surface area contributed by atoms with Crippen molar-refractivity contribution in [2.24, 2.45) is 5.92 Å². The van der Waals surface area contributed by atoms with Gasteiger partial charge in [-0.15, -0.1) is 5.10 Å². The molecule has 5 rings (SSSR count). The van der Waals surface area contributed by atoms with Gasteiger partial charge in [0.25, 0.3) is 5.56 Å². The van der Waals surface area contributed by atoms with Gasteiger partial charge in [-0.2, -0.15) is 0 Å². The summed E-state index contributed by atoms with van der Waals surface area (Å²) in [6, 6.07) is 5.63. The number of tetrazole rings is 1. The van der Waals surface area contributed by atoms with Crippen molar-refractivity contribution in [3.63, 3.8) is 0 Å². The van der Waals surface area contributed by atoms with Gasteiger partial charge in [-0.05, 0) is 79.5 Å². The zero-order chi connectivity index (χ0) is 25.2. The van der Waals surface area contributed by atoms with E-state index in [-0.39, 0.29) is 23.6 Å². The molecule has 2 aliphatic rings. The topological polar surface area (TPSA) is 115 Å². The van der Waals surface area contributed by atoms with Crippen molar-refractivity contribution < 1.29 is 14.3 Å². The Morgan fingerprint density at radius 1 is 1.25 bits per heavy atom. The average molecular weight is 495 g/mol. The summed E-state index contributed by atoms with van der Waals surface area (Å²) in [5.74, 6) is 0.338. The number of benzene rings is 1. The number of carbonyl (C=O) groups excluding carboxylic acids is 1. The standard InChI is InChI=1S/C26H34N6O4/c1-4-35-26(34)18-9-11-31(12-10-18)23(24-28-29-30-32(24)15-20-6-5-13-36-20)21-14-19-8-7-16(2)17(3)22(19)27-25(21)33/h7-8,14,18,20,23H,4-6,9-13,15H2,1-3H3,(H,27,33)/t20-,23+/m0/s1. The van der Waals surface area contributed by atoms with Gasteiger partial charge in [-0.1, -0.05) is 12.1 Å². The maximum atomic E-state index is 13.5. The number of ether oxygens (including phenoxy) is 2. The lowest BCUT2D eigenvalue weighted by Gasteiger charge is -2.36. The Hall–Kier alpha value is -3.11. The van der Waals surface area contributed by atoms with E-state index in [1.54, 1.807) is 4.68 Å². The minimum atomic E-state index is -0.445. The van der Waals surface area contributed by atoms with Gasteiger partial charge in [0.15, 0.2) is 5.82 Å². The zero-order valence-electron chi connectivity index (χ0n) is 21.2. The fraction of sp³-hybridized carbons (Fsp3) is 0.577. The van der Waals surface area contributed by atoms with E-state index in [0.29, 0.717) is 50.5 Å². The SMILES string of the molecule is CCOC(=O)C1CCN([C@H](c2cc3ccc(C)c(C)c3[nH]c2=O)c2nnnn2C[C@@H]2CCCO2)CC1. The molecule has 36 heavy (non-hydrogen) atoms. The number of aromatic nitrogens is 5. The molecule has 2 saturated heterocycles. The summed E-state index contributed by atoms with van der Waals surface area (Å²) in [6.45, 7) is 8.82. The second-order valence-corrected chi connectivity index (χ2v) is 9.84. The Morgan fingerprint density at radius 2 is 2.06 bits per heavy atom. The smallest absolute Gasteiger partial charge is 0.309 e. The molecule has 0 bridgehead atoms. The summed E-state index contributed by atoms with van der Waals surface area (Å²) in [6.07, 6.45) is 3.36. The Bertz CT molecular complexity index is 1290. The highest BCUT2D eigenvalue weighted by Crippen LogP contribution is 2.32. The van der Waals surface area contributed by atoms with Gasteiger partial charge in [0, 0.05) is 25.3 Å². The van der Waals surface area contributed by atoms with Crippen LogP contribution in [0.15, 0.2) is 23.0 Å². The van der Waals surface area contributed by atoms with Gasteiger partial charge >= 0.3 is 5.97 Å². The summed E-state index contributed by atoms with van der Waals surface area (Å²) < 4.78 is 12.9. The number of nitrogens with zero attached hydrogens (tertiary/aromatic N) is 5. The number of nitrogens with one attached hydrogen (secondary N) is 1. The van der Waals surface area contributed by atoms with Crippen molar-refractivity contribution in [1.29, 1.82) is 0 Å². The second kappa shape index (κ2) is 10.5. The van der Waals surface area contributed by atoms with Crippen LogP contribution in [-0.2, 0) is 20.8 Å². The quantitative estimate of drug-likeness (QED) is 0.499. The Labute approximate surface area is 210 Å². The van der Waals surface area contributed by atoms with Gasteiger partial charge in [-0.3, -0.25) is 14.5 Å². The number of hydrogen-bond acceptors (Lipinski definition) is 8. The van der Waals surface area contributed by atoms with E-state index in [1.165, 1.54) is 0 Å². The monoisotopic (exact) mass is 494 g/mol. The first-order valence-corrected chi connectivity index (χ1v) is 12.9. The van der Waals surface area contributed by atoms with E-state index in [4.69, 9.17) is 9.47 Å². The number of aromatic amines is 1. The minimum Gasteiger partial charge on any atom is -0.466 e. The maximum Gasteiger partial charge on any atom is 0.309 e. The number of H-pyrrole nitrogens is 1. The third-order valence-electron chi connectivity index (χ3n) is 7.59. The normalized spacial score (nSPS) is 20.1. The molecule has 1 N–H and O–H groups in total. The van der Waals surface area contributed by atoms with Gasteiger partial charge in [-0.25, -0.2) is 4.68 Å². The van der Waals surface area contributed by atoms with Gasteiger partial charge < -0.3 is 14.5 Å². The van der Waals surface area contributed by atoms with Crippen LogP contribution in [0.2, 0.25) is 0 Å². The summed E-state index contributed by atoms with van der Waals surface area (Å²) in [5.41, 5.74) is 3.49. The van der Waals surface area contributed by atoms with E-state index >= 15 is 0 Å². The Balaban J connectivity index is 1.53. The molecule has 0 saturated carbocycles. The van der Waals surface area contributed by atoms with Crippen LogP contribution in [-0.4, -0.2) is 68.5 Å². The molecular formula is C26H34N6O4. The summed E-state index contributed by atoms with van der Waals surface area (Å²) in [7, 11) is 0. The number of carbonyl (C=O) groups is 1. The molecule has 0 amide bonds. The number of likely N-dealkylation sites (tertiary alicyclic amines) is 1. The van der Waals surface area contributed by atoms with Crippen LogP contribution in [0.5, 0.6) is 0 Å². The third kappa shape index (κ3) is 4.79. The fourth-order valence-electron chi connectivity index (χ4n) is 5.42. The van der Waals surface area contributed by atoms with E-state index in [9.17, 15) is 9.59 Å². The first-order chi connectivity index (χ1) is 17.5. The molecule has 0 spiro atoms. The van der Waals surface area contributed by atoms with Crippen molar-refractivity contribution in [3.8, 4) is 0 Å². The molecule has 4 heterocycles. The average Bonchev–Trinajstić information content (AvgIpc) is 3.56. The molecule has 2 atom stereocenters. The van der Waals surface area contributed by atoms with Crippen LogP contribution in [0.4, 0.5) is 0 Å². The number of esters is 1. The van der Waals surface area contributed by atoms with Gasteiger partial charge in [0.1, 0.15) is 6.04 Å². The van der Waals surface area contributed by atoms with E-state index in [1.807, 2.05) is 32.9 Å². The summed E-state index contributed by atoms with van der Waals surface area (Å²) in [5, 5.41) is 13.6. The maximum absolute atomic E-state index is 13.5. The molecule has 3 aromatic rings. The molecule has 1 aromatic carbocycles. The van der Waals surface area contributed by atoms with E-state index in [2.05, 4.69) is 31.5 Å². The molecule has 2 fully saturated rings. The highest BCUT2D eigenvalue weighted by molar-refractivity contribution is 5.83. The van der Waals surface area contributed by atoms with E-state index in [0.717, 1.165) is 41.5 Å². The summed E-state index contributed by atoms with van der Waals surface area (Å²) in [4.78, 5) is 31.2. The first kappa shape index (κ1) is 24.6. The third-order valence-corrected chi connectivity index (χ3v) is 7.59. The first-order valence-electron chi connectivity index (χ1n) is 12.9. The van der Waals surface area contributed by atoms with Gasteiger partial charge in [0.05, 0.1) is 30.7 Å². The van der Waals surface area contributed by atoms with Crippen LogP contribution >= 0.6 is 0 Å². The van der Waals surface area contributed by atoms with Crippen molar-refractivity contribution in [1.82, 2.24) is 30.1 Å². The number of rotatable bonds is 7. The van der Waals surface area contributed by atoms with Crippen LogP contribution in [0.1, 0.15) is 61.2 Å². The largest absolute Gasteiger partial charge is 0.466 e. The van der Waals surface area contributed by atoms with Crippen molar-refractivity contribution in [2.45, 2.75) is 65.1 Å². The van der Waals surface area contributed by atoms with Crippen LogP contribution in [0, 0.1) is 19.8 Å². The zero-order valence-corrected chi connectivity index (χ0v) is 21.2. The van der Waals surface area contributed by atoms with Crippen molar-refractivity contribution in [2.75, 3.05) is 26.3 Å². The minimum absolute atomic E-state index is 0.0583. The Morgan fingerprint density at radius 3 is 2.78 bits per heavy atom. The molecule has 192 valence electrons. The van der Waals surface area contributed by atoms with Crippen molar-refractivity contribution in [3.05, 3.63) is 51.1 Å². The molecule has 10 heteroatoms. The van der Waals surface area contributed by atoms with Crippen LogP contribution < -0.4 is 5.56 Å². The lowest BCUT2D eigenvalue weighted by molar-refractivity contribution is -0.149. The fourth-order valence-corrected chi connectivity index (χ4v) is 5.42. The molecular weight excluding hydrogens is 460 g/mol. The number of aryl methyl sites for hydroxylation is 2. The molecule has 0 unspecified atom stereocenters. The van der Waals surface area contributed by atoms with E-state index < -0.39 is 6.04 Å². The predicted octanol–water partition coefficient (Wildman–Crippen LogP) is 2.67. The second-order valence-electron chi connectivity index (χ2n) is 9.84. The lowest BCUT2D eigenvalue weighted by Crippen LogP contribution is -2.42. The number of fused-ring (bicyclic) bond motifs is 1. The highest BCUT2D eigenvalue weighted by Gasteiger charge is 2.35. The van der Waals surface area contributed by atoms with Crippen LogP contribution in [0.3, 0.4) is 0 Å².